The summed E-state index contributed by atoms with van der Waals surface area (Å²) in [4.78, 5) is 24.6. The van der Waals surface area contributed by atoms with E-state index in [0.29, 0.717) is 13.0 Å². The zero-order valence-corrected chi connectivity index (χ0v) is 11.7. The molecule has 0 unspecified atom stereocenters. The molecule has 108 valence electrons. The zero-order valence-electron chi connectivity index (χ0n) is 11.7. The lowest BCUT2D eigenvalue weighted by Crippen LogP contribution is -2.31. The van der Waals surface area contributed by atoms with Crippen LogP contribution in [0.25, 0.3) is 0 Å². The maximum absolute atomic E-state index is 12.5. The first kappa shape index (κ1) is 14.5. The van der Waals surface area contributed by atoms with Crippen LogP contribution in [0.2, 0.25) is 0 Å². The van der Waals surface area contributed by atoms with Gasteiger partial charge in [0.1, 0.15) is 0 Å². The summed E-state index contributed by atoms with van der Waals surface area (Å²) in [7, 11) is 1.73. The molecule has 1 aliphatic heterocycles. The van der Waals surface area contributed by atoms with Gasteiger partial charge in [-0.15, -0.1) is 0 Å². The molecule has 0 saturated heterocycles. The fourth-order valence-corrected chi connectivity index (χ4v) is 2.51. The predicted molar refractivity (Wildman–Crippen MR) is 75.7 cm³/mol. The highest BCUT2D eigenvalue weighted by molar-refractivity contribution is 5.96. The van der Waals surface area contributed by atoms with Crippen molar-refractivity contribution in [1.82, 2.24) is 10.2 Å². The molecule has 1 heterocycles. The third kappa shape index (κ3) is 3.36. The van der Waals surface area contributed by atoms with Crippen molar-refractivity contribution in [3.8, 4) is 0 Å². The second-order valence-electron chi connectivity index (χ2n) is 5.09. The van der Waals surface area contributed by atoms with Gasteiger partial charge in [-0.25, -0.2) is 0 Å². The second-order valence-corrected chi connectivity index (χ2v) is 5.09. The molecule has 1 amide bonds. The van der Waals surface area contributed by atoms with E-state index in [-0.39, 0.29) is 12.3 Å². The van der Waals surface area contributed by atoms with Gasteiger partial charge in [0.05, 0.1) is 0 Å². The fraction of sp³-hybridized carbons (Fsp3) is 0.467. The number of carboxylic acids is 1. The van der Waals surface area contributed by atoms with Crippen molar-refractivity contribution >= 4 is 11.9 Å². The Labute approximate surface area is 118 Å². The van der Waals surface area contributed by atoms with Gasteiger partial charge in [0, 0.05) is 32.1 Å². The van der Waals surface area contributed by atoms with Crippen LogP contribution in [-0.2, 0) is 17.8 Å². The summed E-state index contributed by atoms with van der Waals surface area (Å²) in [6.45, 7) is 2.16. The van der Waals surface area contributed by atoms with Crippen molar-refractivity contribution in [2.45, 2.75) is 25.8 Å². The molecular formula is C15H20N2O3. The van der Waals surface area contributed by atoms with Crippen LogP contribution in [0.4, 0.5) is 0 Å². The van der Waals surface area contributed by atoms with Crippen molar-refractivity contribution in [3.05, 3.63) is 34.9 Å². The number of aliphatic carboxylic acids is 1. The van der Waals surface area contributed by atoms with Gasteiger partial charge < -0.3 is 15.3 Å². The number of hydrogen-bond donors (Lipinski definition) is 2. The van der Waals surface area contributed by atoms with E-state index in [4.69, 9.17) is 5.11 Å². The van der Waals surface area contributed by atoms with Gasteiger partial charge in [0.25, 0.3) is 5.91 Å². The highest BCUT2D eigenvalue weighted by Gasteiger charge is 2.19. The molecule has 0 fully saturated rings. The number of nitrogens with one attached hydrogen (secondary N) is 1. The number of hydrogen-bond acceptors (Lipinski definition) is 3. The number of carboxylic acid groups (broad SMARTS) is 1. The quantitative estimate of drug-likeness (QED) is 0.849. The van der Waals surface area contributed by atoms with Gasteiger partial charge in [-0.3, -0.25) is 9.59 Å². The molecule has 0 atom stereocenters. The predicted octanol–water partition coefficient (Wildman–Crippen LogP) is 1.27. The Kier molecular flexibility index (Phi) is 4.74. The fourth-order valence-electron chi connectivity index (χ4n) is 2.51. The van der Waals surface area contributed by atoms with Crippen molar-refractivity contribution in [3.63, 3.8) is 0 Å². The standard InChI is InChI=1S/C15H20N2O3/c1-17(9-3-6-14(18)19)15(20)13-5-2-4-11-10-16-8-7-12(11)13/h2,4-5,16H,3,6-10H2,1H3,(H,18,19). The van der Waals surface area contributed by atoms with E-state index in [2.05, 4.69) is 5.32 Å². The largest absolute Gasteiger partial charge is 0.481 e. The Bertz CT molecular complexity index is 514. The Balaban J connectivity index is 2.07. The van der Waals surface area contributed by atoms with Gasteiger partial charge in [0.15, 0.2) is 0 Å². The van der Waals surface area contributed by atoms with E-state index in [9.17, 15) is 9.59 Å². The van der Waals surface area contributed by atoms with Crippen LogP contribution in [0.1, 0.15) is 34.3 Å². The molecule has 0 bridgehead atoms. The minimum absolute atomic E-state index is 0.0193. The number of amides is 1. The smallest absolute Gasteiger partial charge is 0.303 e. The normalized spacial score (nSPS) is 13.7. The van der Waals surface area contributed by atoms with Gasteiger partial charge in [-0.1, -0.05) is 12.1 Å². The molecule has 0 saturated carbocycles. The topological polar surface area (TPSA) is 69.6 Å². The van der Waals surface area contributed by atoms with Crippen molar-refractivity contribution in [1.29, 1.82) is 0 Å². The maximum atomic E-state index is 12.5. The SMILES string of the molecule is CN(CCCC(=O)O)C(=O)c1cccc2c1CCNC2. The number of fused-ring (bicyclic) bond motifs is 1. The summed E-state index contributed by atoms with van der Waals surface area (Å²) < 4.78 is 0. The van der Waals surface area contributed by atoms with Crippen LogP contribution in [0.5, 0.6) is 0 Å². The summed E-state index contributed by atoms with van der Waals surface area (Å²) in [5, 5.41) is 11.9. The Morgan fingerprint density at radius 1 is 1.40 bits per heavy atom. The number of benzene rings is 1. The molecule has 5 nitrogen and oxygen atoms in total. The minimum Gasteiger partial charge on any atom is -0.481 e. The summed E-state index contributed by atoms with van der Waals surface area (Å²) in [5.41, 5.74) is 3.06. The van der Waals surface area contributed by atoms with E-state index >= 15 is 0 Å². The lowest BCUT2D eigenvalue weighted by atomic mass is 9.95. The molecular weight excluding hydrogens is 256 g/mol. The summed E-state index contributed by atoms with van der Waals surface area (Å²) in [6, 6.07) is 5.81. The van der Waals surface area contributed by atoms with Crippen LogP contribution in [0.15, 0.2) is 18.2 Å². The molecule has 2 N–H and O–H groups in total. The number of rotatable bonds is 5. The molecule has 0 spiro atoms. The number of carbonyl (C=O) groups is 2. The van der Waals surface area contributed by atoms with E-state index in [0.717, 1.165) is 30.6 Å². The molecule has 2 rings (SSSR count). The first-order valence-electron chi connectivity index (χ1n) is 6.88. The van der Waals surface area contributed by atoms with Gasteiger partial charge >= 0.3 is 5.97 Å². The Morgan fingerprint density at radius 2 is 2.20 bits per heavy atom. The van der Waals surface area contributed by atoms with Gasteiger partial charge in [-0.05, 0) is 36.6 Å². The molecule has 20 heavy (non-hydrogen) atoms. The Hall–Kier alpha value is -1.88. The molecule has 1 aromatic rings. The third-order valence-electron chi connectivity index (χ3n) is 3.60. The minimum atomic E-state index is -0.825. The second kappa shape index (κ2) is 6.52. The van der Waals surface area contributed by atoms with Crippen molar-refractivity contribution < 1.29 is 14.7 Å². The zero-order chi connectivity index (χ0) is 14.5. The van der Waals surface area contributed by atoms with Gasteiger partial charge in [0.2, 0.25) is 0 Å². The van der Waals surface area contributed by atoms with Crippen molar-refractivity contribution in [2.75, 3.05) is 20.1 Å². The molecule has 1 aromatic carbocycles. The summed E-state index contributed by atoms with van der Waals surface area (Å²) in [6.07, 6.45) is 1.43. The Morgan fingerprint density at radius 3 is 2.95 bits per heavy atom. The molecule has 0 aromatic heterocycles. The van der Waals surface area contributed by atoms with E-state index < -0.39 is 5.97 Å². The lowest BCUT2D eigenvalue weighted by molar-refractivity contribution is -0.137. The summed E-state index contributed by atoms with van der Waals surface area (Å²) in [5.74, 6) is -0.844. The summed E-state index contributed by atoms with van der Waals surface area (Å²) >= 11 is 0. The molecule has 1 aliphatic rings. The molecule has 0 aliphatic carbocycles. The van der Waals surface area contributed by atoms with E-state index in [1.54, 1.807) is 11.9 Å². The van der Waals surface area contributed by atoms with Crippen molar-refractivity contribution in [2.24, 2.45) is 0 Å². The van der Waals surface area contributed by atoms with Crippen LogP contribution < -0.4 is 5.32 Å². The monoisotopic (exact) mass is 276 g/mol. The average Bonchev–Trinajstić information content (AvgIpc) is 2.45. The molecule has 0 radical (unpaired) electrons. The molecule has 5 heteroatoms. The lowest BCUT2D eigenvalue weighted by Gasteiger charge is -2.23. The first-order valence-corrected chi connectivity index (χ1v) is 6.88. The van der Waals surface area contributed by atoms with Crippen LogP contribution in [-0.4, -0.2) is 42.0 Å². The van der Waals surface area contributed by atoms with Gasteiger partial charge in [-0.2, -0.15) is 0 Å². The highest BCUT2D eigenvalue weighted by Crippen LogP contribution is 2.20. The third-order valence-corrected chi connectivity index (χ3v) is 3.60. The highest BCUT2D eigenvalue weighted by atomic mass is 16.4. The van der Waals surface area contributed by atoms with E-state index in [1.165, 1.54) is 5.56 Å². The van der Waals surface area contributed by atoms with Crippen LogP contribution in [0.3, 0.4) is 0 Å². The number of nitrogens with zero attached hydrogens (tertiary/aromatic N) is 1. The average molecular weight is 276 g/mol. The van der Waals surface area contributed by atoms with Crippen LogP contribution in [0, 0.1) is 0 Å². The van der Waals surface area contributed by atoms with Crippen LogP contribution >= 0.6 is 0 Å². The first-order chi connectivity index (χ1) is 9.59. The van der Waals surface area contributed by atoms with E-state index in [1.807, 2.05) is 18.2 Å². The maximum Gasteiger partial charge on any atom is 0.303 e. The number of carbonyl (C=O) groups excluding carboxylic acids is 1.